The smallest absolute Gasteiger partial charge is 0.182 e. The van der Waals surface area contributed by atoms with E-state index in [-0.39, 0.29) is 11.0 Å². The fraction of sp³-hybridized carbons (Fsp3) is 0.562. The van der Waals surface area contributed by atoms with E-state index in [1.807, 2.05) is 29.8 Å². The third-order valence-electron chi connectivity index (χ3n) is 3.54. The van der Waals surface area contributed by atoms with Crippen molar-refractivity contribution < 1.29 is 0 Å². The van der Waals surface area contributed by atoms with Crippen LogP contribution in [0.1, 0.15) is 46.6 Å². The number of benzene rings is 1. The summed E-state index contributed by atoms with van der Waals surface area (Å²) in [4.78, 5) is 0. The van der Waals surface area contributed by atoms with Crippen LogP contribution in [0.5, 0.6) is 0 Å². The number of tetrazole rings is 1. The molecule has 1 heterocycles. The molecule has 2 N–H and O–H groups in total. The second kappa shape index (κ2) is 5.13. The predicted molar refractivity (Wildman–Crippen MR) is 85.8 cm³/mol. The van der Waals surface area contributed by atoms with E-state index in [9.17, 15) is 0 Å². The zero-order valence-electron chi connectivity index (χ0n) is 13.8. The first kappa shape index (κ1) is 15.5. The van der Waals surface area contributed by atoms with Crippen molar-refractivity contribution in [3.8, 4) is 11.4 Å². The molecular weight excluding hydrogens is 262 g/mol. The van der Waals surface area contributed by atoms with Crippen LogP contribution < -0.4 is 5.73 Å². The van der Waals surface area contributed by atoms with E-state index in [1.54, 1.807) is 0 Å². The van der Waals surface area contributed by atoms with Crippen LogP contribution in [0, 0.1) is 12.3 Å². The standard InChI is InChI=1S/C16H25N5/c1-11-7-8-12(9-13(11)17)14-18-19-20-21(14)16(5,6)10-15(2,3)4/h7-9H,10,17H2,1-6H3. The van der Waals surface area contributed by atoms with Crippen molar-refractivity contribution in [3.63, 3.8) is 0 Å². The van der Waals surface area contributed by atoms with E-state index in [2.05, 4.69) is 50.1 Å². The summed E-state index contributed by atoms with van der Waals surface area (Å²) in [6, 6.07) is 5.95. The summed E-state index contributed by atoms with van der Waals surface area (Å²) in [5.74, 6) is 0.760. The van der Waals surface area contributed by atoms with Crippen molar-refractivity contribution in [2.24, 2.45) is 5.41 Å². The van der Waals surface area contributed by atoms with Crippen molar-refractivity contribution in [1.29, 1.82) is 0 Å². The molecule has 21 heavy (non-hydrogen) atoms. The molecule has 1 aromatic heterocycles. The average Bonchev–Trinajstić information content (AvgIpc) is 2.79. The largest absolute Gasteiger partial charge is 0.398 e. The van der Waals surface area contributed by atoms with Crippen LogP contribution in [0.4, 0.5) is 5.69 Å². The minimum absolute atomic E-state index is 0.170. The number of anilines is 1. The van der Waals surface area contributed by atoms with Gasteiger partial charge in [-0.05, 0) is 54.7 Å². The molecule has 0 spiro atoms. The molecule has 0 atom stereocenters. The summed E-state index contributed by atoms with van der Waals surface area (Å²) in [6.45, 7) is 13.0. The van der Waals surface area contributed by atoms with Crippen LogP contribution in [0.15, 0.2) is 18.2 Å². The van der Waals surface area contributed by atoms with Crippen molar-refractivity contribution in [1.82, 2.24) is 20.2 Å². The van der Waals surface area contributed by atoms with Gasteiger partial charge in [0.05, 0.1) is 5.54 Å². The summed E-state index contributed by atoms with van der Waals surface area (Å²) in [5, 5.41) is 12.3. The predicted octanol–water partition coefficient (Wildman–Crippen LogP) is 3.40. The summed E-state index contributed by atoms with van der Waals surface area (Å²) in [7, 11) is 0. The molecule has 0 bridgehead atoms. The van der Waals surface area contributed by atoms with Gasteiger partial charge in [0.1, 0.15) is 0 Å². The number of aryl methyl sites for hydroxylation is 1. The van der Waals surface area contributed by atoms with Crippen molar-refractivity contribution in [2.45, 2.75) is 53.5 Å². The van der Waals surface area contributed by atoms with Crippen molar-refractivity contribution in [3.05, 3.63) is 23.8 Å². The van der Waals surface area contributed by atoms with Crippen LogP contribution in [-0.4, -0.2) is 20.2 Å². The summed E-state index contributed by atoms with van der Waals surface area (Å²) < 4.78 is 1.91. The number of aromatic nitrogens is 4. The number of rotatable bonds is 3. The molecule has 0 aliphatic rings. The highest BCUT2D eigenvalue weighted by Crippen LogP contribution is 2.34. The van der Waals surface area contributed by atoms with Crippen molar-refractivity contribution >= 4 is 5.69 Å². The first-order valence-corrected chi connectivity index (χ1v) is 7.25. The highest BCUT2D eigenvalue weighted by molar-refractivity contribution is 5.63. The molecule has 0 radical (unpaired) electrons. The monoisotopic (exact) mass is 287 g/mol. The molecule has 1 aromatic carbocycles. The number of nitrogens with two attached hydrogens (primary N) is 1. The molecule has 2 aromatic rings. The van der Waals surface area contributed by atoms with Gasteiger partial charge < -0.3 is 5.73 Å². The molecule has 0 saturated heterocycles. The van der Waals surface area contributed by atoms with Gasteiger partial charge in [0, 0.05) is 11.3 Å². The molecule has 0 saturated carbocycles. The fourth-order valence-electron chi connectivity index (χ4n) is 2.93. The highest BCUT2D eigenvalue weighted by atomic mass is 15.6. The number of nitrogen functional groups attached to an aromatic ring is 1. The minimum Gasteiger partial charge on any atom is -0.398 e. The maximum absolute atomic E-state index is 6.01. The first-order chi connectivity index (χ1) is 9.60. The van der Waals surface area contributed by atoms with Gasteiger partial charge in [0.15, 0.2) is 5.82 Å². The highest BCUT2D eigenvalue weighted by Gasteiger charge is 2.31. The number of hydrogen-bond acceptors (Lipinski definition) is 4. The van der Waals surface area contributed by atoms with Gasteiger partial charge >= 0.3 is 0 Å². The van der Waals surface area contributed by atoms with Crippen LogP contribution in [0.25, 0.3) is 11.4 Å². The Bertz CT molecular complexity index is 634. The third-order valence-corrected chi connectivity index (χ3v) is 3.54. The molecule has 5 nitrogen and oxygen atoms in total. The Morgan fingerprint density at radius 1 is 1.14 bits per heavy atom. The second-order valence-electron chi connectivity index (χ2n) is 7.54. The van der Waals surface area contributed by atoms with E-state index in [1.165, 1.54) is 0 Å². The zero-order chi connectivity index (χ0) is 15.8. The Kier molecular flexibility index (Phi) is 3.78. The van der Waals surface area contributed by atoms with Gasteiger partial charge in [-0.15, -0.1) is 5.10 Å². The molecule has 0 unspecified atom stereocenters. The van der Waals surface area contributed by atoms with E-state index < -0.39 is 0 Å². The molecule has 0 aliphatic heterocycles. The maximum Gasteiger partial charge on any atom is 0.182 e. The Balaban J connectivity index is 2.45. The normalized spacial score (nSPS) is 12.7. The quantitative estimate of drug-likeness (QED) is 0.878. The summed E-state index contributed by atoms with van der Waals surface area (Å²) in [6.07, 6.45) is 0.972. The number of hydrogen-bond donors (Lipinski definition) is 1. The zero-order valence-corrected chi connectivity index (χ0v) is 13.8. The van der Waals surface area contributed by atoms with Crippen LogP contribution in [-0.2, 0) is 5.54 Å². The van der Waals surface area contributed by atoms with Gasteiger partial charge in [0.2, 0.25) is 0 Å². The van der Waals surface area contributed by atoms with Crippen LogP contribution in [0.2, 0.25) is 0 Å². The lowest BCUT2D eigenvalue weighted by molar-refractivity contribution is 0.197. The lowest BCUT2D eigenvalue weighted by Gasteiger charge is -2.32. The van der Waals surface area contributed by atoms with E-state index in [4.69, 9.17) is 5.73 Å². The second-order valence-corrected chi connectivity index (χ2v) is 7.54. The summed E-state index contributed by atoms with van der Waals surface area (Å²) in [5.41, 5.74) is 8.80. The van der Waals surface area contributed by atoms with Crippen LogP contribution in [0.3, 0.4) is 0 Å². The Hall–Kier alpha value is -1.91. The van der Waals surface area contributed by atoms with E-state index >= 15 is 0 Å². The lowest BCUT2D eigenvalue weighted by atomic mass is 9.82. The van der Waals surface area contributed by atoms with Crippen LogP contribution >= 0.6 is 0 Å². The molecule has 2 rings (SSSR count). The lowest BCUT2D eigenvalue weighted by Crippen LogP contribution is -2.33. The van der Waals surface area contributed by atoms with Gasteiger partial charge in [-0.2, -0.15) is 0 Å². The van der Waals surface area contributed by atoms with Gasteiger partial charge in [0.25, 0.3) is 0 Å². The topological polar surface area (TPSA) is 69.6 Å². The van der Waals surface area contributed by atoms with Gasteiger partial charge in [-0.25, -0.2) is 4.68 Å². The first-order valence-electron chi connectivity index (χ1n) is 7.25. The molecule has 0 aliphatic carbocycles. The maximum atomic E-state index is 6.01. The fourth-order valence-corrected chi connectivity index (χ4v) is 2.93. The van der Waals surface area contributed by atoms with Crippen molar-refractivity contribution in [2.75, 3.05) is 5.73 Å². The van der Waals surface area contributed by atoms with E-state index in [0.717, 1.165) is 29.1 Å². The Morgan fingerprint density at radius 2 is 1.81 bits per heavy atom. The Morgan fingerprint density at radius 3 is 2.38 bits per heavy atom. The molecular formula is C16H25N5. The van der Waals surface area contributed by atoms with Gasteiger partial charge in [-0.3, -0.25) is 0 Å². The summed E-state index contributed by atoms with van der Waals surface area (Å²) >= 11 is 0. The average molecular weight is 287 g/mol. The van der Waals surface area contributed by atoms with E-state index in [0.29, 0.717) is 0 Å². The SMILES string of the molecule is Cc1ccc(-c2nnnn2C(C)(C)CC(C)(C)C)cc1N. The molecule has 114 valence electrons. The third kappa shape index (κ3) is 3.40. The minimum atomic E-state index is -0.170. The number of nitrogens with zero attached hydrogens (tertiary/aromatic N) is 4. The molecule has 5 heteroatoms. The van der Waals surface area contributed by atoms with Gasteiger partial charge in [-0.1, -0.05) is 32.9 Å². The molecule has 0 amide bonds. The Labute approximate surface area is 126 Å². The molecule has 0 fully saturated rings.